The number of hydrogen-bond donors (Lipinski definition) is 3. The van der Waals surface area contributed by atoms with Gasteiger partial charge in [0.05, 0.1) is 12.7 Å². The number of aryl methyl sites for hydroxylation is 1. The molecule has 6 nitrogen and oxygen atoms in total. The average Bonchev–Trinajstić information content (AvgIpc) is 2.91. The second-order valence-corrected chi connectivity index (χ2v) is 5.09. The molecule has 1 heterocycles. The van der Waals surface area contributed by atoms with Crippen molar-refractivity contribution in [2.24, 2.45) is 4.99 Å². The summed E-state index contributed by atoms with van der Waals surface area (Å²) in [4.78, 5) is 16.0. The molecule has 0 saturated carbocycles. The predicted molar refractivity (Wildman–Crippen MR) is 85.0 cm³/mol. The number of nitrogens with zero attached hydrogens (tertiary/aromatic N) is 1. The van der Waals surface area contributed by atoms with E-state index in [0.717, 1.165) is 5.56 Å². The maximum atomic E-state index is 12.1. The Kier molecular flexibility index (Phi) is 8.14. The van der Waals surface area contributed by atoms with Gasteiger partial charge in [0.2, 0.25) is 0 Å². The highest BCUT2D eigenvalue weighted by molar-refractivity contribution is 5.92. The van der Waals surface area contributed by atoms with Crippen LogP contribution in [-0.4, -0.2) is 44.2 Å². The topological polar surface area (TPSA) is 78.7 Å². The van der Waals surface area contributed by atoms with Gasteiger partial charge in [-0.1, -0.05) is 0 Å². The van der Waals surface area contributed by atoms with Gasteiger partial charge in [-0.2, -0.15) is 13.2 Å². The molecule has 0 atom stereocenters. The van der Waals surface area contributed by atoms with E-state index in [1.54, 1.807) is 13.0 Å². The van der Waals surface area contributed by atoms with Gasteiger partial charge in [-0.05, 0) is 26.3 Å². The Morgan fingerprint density at radius 3 is 2.58 bits per heavy atom. The quantitative estimate of drug-likeness (QED) is 0.382. The predicted octanol–water partition coefficient (Wildman–Crippen LogP) is 2.22. The van der Waals surface area contributed by atoms with Crippen LogP contribution < -0.4 is 16.0 Å². The molecular formula is C15H23F3N4O2. The Morgan fingerprint density at radius 1 is 1.25 bits per heavy atom. The van der Waals surface area contributed by atoms with Gasteiger partial charge in [-0.15, -0.1) is 0 Å². The van der Waals surface area contributed by atoms with Gasteiger partial charge in [0, 0.05) is 31.7 Å². The van der Waals surface area contributed by atoms with Crippen LogP contribution in [0, 0.1) is 6.92 Å². The summed E-state index contributed by atoms with van der Waals surface area (Å²) in [7, 11) is 0. The van der Waals surface area contributed by atoms with E-state index >= 15 is 0 Å². The largest absolute Gasteiger partial charge is 0.459 e. The lowest BCUT2D eigenvalue weighted by atomic mass is 10.2. The van der Waals surface area contributed by atoms with Crippen molar-refractivity contribution in [2.75, 3.05) is 26.2 Å². The van der Waals surface area contributed by atoms with Crippen LogP contribution in [0.4, 0.5) is 13.2 Å². The zero-order valence-corrected chi connectivity index (χ0v) is 13.8. The van der Waals surface area contributed by atoms with E-state index in [1.165, 1.54) is 6.26 Å². The number of furan rings is 1. The first kappa shape index (κ1) is 19.9. The molecule has 0 bridgehead atoms. The molecule has 0 unspecified atom stereocenters. The molecular weight excluding hydrogens is 325 g/mol. The highest BCUT2D eigenvalue weighted by Crippen LogP contribution is 2.18. The first-order chi connectivity index (χ1) is 11.3. The smallest absolute Gasteiger partial charge is 0.390 e. The standard InChI is InChI=1S/C15H23F3N4O2/c1-3-19-14(22-9-6-15(16,17)18)21-8-4-7-20-13(23)12-11(2)5-10-24-12/h5,10H,3-4,6-9H2,1-2H3,(H,20,23)(H2,19,21,22). The lowest BCUT2D eigenvalue weighted by Crippen LogP contribution is -2.39. The molecule has 1 aromatic heterocycles. The van der Waals surface area contributed by atoms with E-state index in [-0.39, 0.29) is 18.2 Å². The summed E-state index contributed by atoms with van der Waals surface area (Å²) in [5.41, 5.74) is 0.758. The molecule has 1 aromatic rings. The minimum absolute atomic E-state index is 0.232. The average molecular weight is 348 g/mol. The third-order valence-corrected chi connectivity index (χ3v) is 3.00. The molecule has 0 spiro atoms. The van der Waals surface area contributed by atoms with Gasteiger partial charge < -0.3 is 20.4 Å². The SMILES string of the molecule is CCNC(=NCCCNC(=O)c1occc1C)NCCC(F)(F)F. The van der Waals surface area contributed by atoms with Crippen molar-refractivity contribution in [3.05, 3.63) is 23.7 Å². The van der Waals surface area contributed by atoms with Crippen molar-refractivity contribution in [3.63, 3.8) is 0 Å². The summed E-state index contributed by atoms with van der Waals surface area (Å²) in [6, 6.07) is 1.70. The maximum absolute atomic E-state index is 12.1. The van der Waals surface area contributed by atoms with Crippen LogP contribution in [-0.2, 0) is 0 Å². The fraction of sp³-hybridized carbons (Fsp3) is 0.600. The summed E-state index contributed by atoms with van der Waals surface area (Å²) < 4.78 is 41.4. The molecule has 0 radical (unpaired) electrons. The van der Waals surface area contributed by atoms with Crippen LogP contribution in [0.1, 0.15) is 35.9 Å². The van der Waals surface area contributed by atoms with Crippen LogP contribution >= 0.6 is 0 Å². The van der Waals surface area contributed by atoms with Crippen LogP contribution in [0.2, 0.25) is 0 Å². The fourth-order valence-electron chi connectivity index (χ4n) is 1.82. The summed E-state index contributed by atoms with van der Waals surface area (Å²) in [6.45, 7) is 4.68. The van der Waals surface area contributed by atoms with E-state index in [1.807, 2.05) is 6.92 Å². The summed E-state index contributed by atoms with van der Waals surface area (Å²) in [5, 5.41) is 8.19. The summed E-state index contributed by atoms with van der Waals surface area (Å²) >= 11 is 0. The monoisotopic (exact) mass is 348 g/mol. The van der Waals surface area contributed by atoms with Crippen LogP contribution in [0.3, 0.4) is 0 Å². The number of carbonyl (C=O) groups is 1. The normalized spacial score (nSPS) is 12.1. The Morgan fingerprint density at radius 2 is 2.00 bits per heavy atom. The van der Waals surface area contributed by atoms with Crippen molar-refractivity contribution in [3.8, 4) is 0 Å². The van der Waals surface area contributed by atoms with E-state index < -0.39 is 12.6 Å². The Hall–Kier alpha value is -2.19. The molecule has 1 amide bonds. The number of aliphatic imine (C=N–C) groups is 1. The maximum Gasteiger partial charge on any atom is 0.390 e. The zero-order chi connectivity index (χ0) is 18.0. The minimum atomic E-state index is -4.20. The second kappa shape index (κ2) is 9.84. The van der Waals surface area contributed by atoms with Crippen molar-refractivity contribution in [1.82, 2.24) is 16.0 Å². The Labute approximate surface area is 138 Å². The molecule has 0 saturated heterocycles. The van der Waals surface area contributed by atoms with Crippen molar-refractivity contribution >= 4 is 11.9 Å². The molecule has 0 aliphatic carbocycles. The second-order valence-electron chi connectivity index (χ2n) is 5.09. The van der Waals surface area contributed by atoms with Gasteiger partial charge in [0.25, 0.3) is 5.91 Å². The van der Waals surface area contributed by atoms with E-state index in [0.29, 0.717) is 32.0 Å². The first-order valence-electron chi connectivity index (χ1n) is 7.74. The number of amides is 1. The van der Waals surface area contributed by atoms with E-state index in [2.05, 4.69) is 20.9 Å². The third-order valence-electron chi connectivity index (χ3n) is 3.00. The fourth-order valence-corrected chi connectivity index (χ4v) is 1.82. The number of alkyl halides is 3. The van der Waals surface area contributed by atoms with E-state index in [4.69, 9.17) is 4.42 Å². The Bertz CT molecular complexity index is 541. The summed E-state index contributed by atoms with van der Waals surface area (Å²) in [6.07, 6.45) is -3.11. The lowest BCUT2D eigenvalue weighted by Gasteiger charge is -2.12. The molecule has 3 N–H and O–H groups in total. The van der Waals surface area contributed by atoms with Crippen molar-refractivity contribution < 1.29 is 22.4 Å². The van der Waals surface area contributed by atoms with Gasteiger partial charge in [0.15, 0.2) is 11.7 Å². The molecule has 24 heavy (non-hydrogen) atoms. The minimum Gasteiger partial charge on any atom is -0.459 e. The molecule has 136 valence electrons. The van der Waals surface area contributed by atoms with Crippen LogP contribution in [0.15, 0.2) is 21.7 Å². The van der Waals surface area contributed by atoms with Gasteiger partial charge in [-0.3, -0.25) is 9.79 Å². The first-order valence-corrected chi connectivity index (χ1v) is 7.74. The zero-order valence-electron chi connectivity index (χ0n) is 13.8. The molecule has 0 aliphatic heterocycles. The van der Waals surface area contributed by atoms with Gasteiger partial charge >= 0.3 is 6.18 Å². The molecule has 0 fully saturated rings. The lowest BCUT2D eigenvalue weighted by molar-refractivity contribution is -0.132. The molecule has 0 aliphatic rings. The third kappa shape index (κ3) is 7.89. The number of halogens is 3. The summed E-state index contributed by atoms with van der Waals surface area (Å²) in [5.74, 6) is 0.312. The highest BCUT2D eigenvalue weighted by Gasteiger charge is 2.26. The van der Waals surface area contributed by atoms with Crippen LogP contribution in [0.5, 0.6) is 0 Å². The van der Waals surface area contributed by atoms with Crippen LogP contribution in [0.25, 0.3) is 0 Å². The number of carbonyl (C=O) groups excluding carboxylic acids is 1. The van der Waals surface area contributed by atoms with E-state index in [9.17, 15) is 18.0 Å². The Balaban J connectivity index is 2.29. The molecule has 1 rings (SSSR count). The number of nitrogens with one attached hydrogen (secondary N) is 3. The number of hydrogen-bond acceptors (Lipinski definition) is 3. The molecule has 9 heteroatoms. The molecule has 0 aromatic carbocycles. The highest BCUT2D eigenvalue weighted by atomic mass is 19.4. The number of rotatable bonds is 8. The van der Waals surface area contributed by atoms with Crippen molar-refractivity contribution in [2.45, 2.75) is 32.9 Å². The number of guanidine groups is 1. The van der Waals surface area contributed by atoms with Gasteiger partial charge in [0.1, 0.15) is 0 Å². The van der Waals surface area contributed by atoms with Gasteiger partial charge in [-0.25, -0.2) is 0 Å². The van der Waals surface area contributed by atoms with Crippen molar-refractivity contribution in [1.29, 1.82) is 0 Å².